The Kier molecular flexibility index (Phi) is 2.66. The lowest BCUT2D eigenvalue weighted by atomic mass is 9.66. The van der Waals surface area contributed by atoms with Gasteiger partial charge < -0.3 is 4.42 Å². The zero-order chi connectivity index (χ0) is 13.5. The Hall–Kier alpha value is -2.11. The van der Waals surface area contributed by atoms with Crippen LogP contribution >= 0.6 is 0 Å². The maximum atomic E-state index is 12.3. The van der Waals surface area contributed by atoms with Gasteiger partial charge in [-0.1, -0.05) is 6.42 Å². The Morgan fingerprint density at radius 1 is 1.32 bits per heavy atom. The minimum Gasteiger partial charge on any atom is -0.469 e. The van der Waals surface area contributed by atoms with Gasteiger partial charge in [0, 0.05) is 13.0 Å². The predicted molar refractivity (Wildman–Crippen MR) is 63.9 cm³/mol. The van der Waals surface area contributed by atoms with E-state index in [0.717, 1.165) is 11.3 Å². The summed E-state index contributed by atoms with van der Waals surface area (Å²) in [5.74, 6) is -0.0952. The predicted octanol–water partition coefficient (Wildman–Crippen LogP) is 1.07. The number of furan rings is 1. The number of hydrogen-bond donors (Lipinski definition) is 1. The molecule has 2 aliphatic rings. The van der Waals surface area contributed by atoms with Crippen LogP contribution in [0.25, 0.3) is 0 Å². The summed E-state index contributed by atoms with van der Waals surface area (Å²) in [4.78, 5) is 37.0. The van der Waals surface area contributed by atoms with Crippen molar-refractivity contribution in [1.82, 2.24) is 10.2 Å². The van der Waals surface area contributed by atoms with Crippen LogP contribution in [0.4, 0.5) is 4.79 Å². The summed E-state index contributed by atoms with van der Waals surface area (Å²) in [5, 5.41) is 2.28. The molecule has 0 unspecified atom stereocenters. The van der Waals surface area contributed by atoms with Crippen LogP contribution < -0.4 is 5.32 Å². The summed E-state index contributed by atoms with van der Waals surface area (Å²) in [6.07, 6.45) is 3.91. The molecule has 1 spiro atoms. The van der Waals surface area contributed by atoms with Gasteiger partial charge in [0.15, 0.2) is 0 Å². The SMILES string of the molecule is O=C1NC(=O)C2(CCC2)C(=O)N1CCc1ccco1. The molecule has 1 aromatic rings. The normalized spacial score (nSPS) is 21.5. The molecule has 0 atom stereocenters. The zero-order valence-electron chi connectivity index (χ0n) is 10.3. The monoisotopic (exact) mass is 262 g/mol. The number of barbiturate groups is 1. The molecule has 2 heterocycles. The van der Waals surface area contributed by atoms with Crippen LogP contribution in [0.3, 0.4) is 0 Å². The van der Waals surface area contributed by atoms with E-state index in [1.807, 2.05) is 0 Å². The van der Waals surface area contributed by atoms with Gasteiger partial charge in [-0.2, -0.15) is 0 Å². The molecule has 1 aliphatic heterocycles. The van der Waals surface area contributed by atoms with Crippen LogP contribution in [-0.4, -0.2) is 29.3 Å². The Bertz CT molecular complexity index is 531. The first-order chi connectivity index (χ1) is 9.13. The molecule has 2 fully saturated rings. The fourth-order valence-corrected chi connectivity index (χ4v) is 2.58. The third kappa shape index (κ3) is 1.75. The molecular weight excluding hydrogens is 248 g/mol. The summed E-state index contributed by atoms with van der Waals surface area (Å²) in [7, 11) is 0. The van der Waals surface area contributed by atoms with E-state index >= 15 is 0 Å². The minimum absolute atomic E-state index is 0.229. The number of carbonyl (C=O) groups is 3. The minimum atomic E-state index is -0.989. The molecule has 3 rings (SSSR count). The molecule has 1 aliphatic carbocycles. The van der Waals surface area contributed by atoms with Crippen LogP contribution in [0.5, 0.6) is 0 Å². The maximum Gasteiger partial charge on any atom is 0.330 e. The van der Waals surface area contributed by atoms with E-state index in [0.29, 0.717) is 25.0 Å². The highest BCUT2D eigenvalue weighted by atomic mass is 16.3. The van der Waals surface area contributed by atoms with Crippen molar-refractivity contribution in [2.24, 2.45) is 5.41 Å². The van der Waals surface area contributed by atoms with E-state index in [9.17, 15) is 14.4 Å². The van der Waals surface area contributed by atoms with Gasteiger partial charge in [0.25, 0.3) is 0 Å². The van der Waals surface area contributed by atoms with Gasteiger partial charge in [0.1, 0.15) is 11.2 Å². The van der Waals surface area contributed by atoms with E-state index < -0.39 is 17.4 Å². The van der Waals surface area contributed by atoms with Gasteiger partial charge >= 0.3 is 6.03 Å². The van der Waals surface area contributed by atoms with Gasteiger partial charge in [0.2, 0.25) is 11.8 Å². The summed E-state index contributed by atoms with van der Waals surface area (Å²) < 4.78 is 5.17. The van der Waals surface area contributed by atoms with Crippen molar-refractivity contribution < 1.29 is 18.8 Å². The second kappa shape index (κ2) is 4.22. The Balaban J connectivity index is 1.74. The molecule has 0 bridgehead atoms. The standard InChI is InChI=1S/C13H14N2O4/c16-10-13(5-2-6-13)11(17)15(12(18)14-10)7-4-9-3-1-8-19-9/h1,3,8H,2,4-7H2,(H,14,16,18). The van der Waals surface area contributed by atoms with Gasteiger partial charge in [-0.25, -0.2) is 4.79 Å². The van der Waals surface area contributed by atoms with Crippen molar-refractivity contribution >= 4 is 17.8 Å². The lowest BCUT2D eigenvalue weighted by Crippen LogP contribution is -2.66. The fourth-order valence-electron chi connectivity index (χ4n) is 2.58. The molecule has 19 heavy (non-hydrogen) atoms. The van der Waals surface area contributed by atoms with Gasteiger partial charge in [-0.3, -0.25) is 19.8 Å². The summed E-state index contributed by atoms with van der Waals surface area (Å²) in [6, 6.07) is 2.92. The molecule has 100 valence electrons. The average Bonchev–Trinajstić information content (AvgIpc) is 2.79. The van der Waals surface area contributed by atoms with Crippen LogP contribution in [0, 0.1) is 5.41 Å². The molecule has 6 nitrogen and oxygen atoms in total. The van der Waals surface area contributed by atoms with E-state index in [4.69, 9.17) is 4.42 Å². The topological polar surface area (TPSA) is 79.6 Å². The van der Waals surface area contributed by atoms with Gasteiger partial charge in [-0.15, -0.1) is 0 Å². The van der Waals surface area contributed by atoms with Crippen molar-refractivity contribution in [2.75, 3.05) is 6.54 Å². The molecule has 0 aromatic carbocycles. The van der Waals surface area contributed by atoms with E-state index in [-0.39, 0.29) is 12.5 Å². The number of nitrogens with one attached hydrogen (secondary N) is 1. The van der Waals surface area contributed by atoms with Gasteiger partial charge in [0.05, 0.1) is 6.26 Å². The molecule has 0 radical (unpaired) electrons. The second-order valence-electron chi connectivity index (χ2n) is 4.98. The molecular formula is C13H14N2O4. The number of rotatable bonds is 3. The van der Waals surface area contributed by atoms with Crippen LogP contribution in [-0.2, 0) is 16.0 Å². The van der Waals surface area contributed by atoms with Crippen molar-refractivity contribution in [2.45, 2.75) is 25.7 Å². The second-order valence-corrected chi connectivity index (χ2v) is 4.98. The lowest BCUT2D eigenvalue weighted by Gasteiger charge is -2.44. The van der Waals surface area contributed by atoms with Crippen molar-refractivity contribution in [3.8, 4) is 0 Å². The lowest BCUT2D eigenvalue weighted by molar-refractivity contribution is -0.157. The summed E-state index contributed by atoms with van der Waals surface area (Å²) in [5.41, 5.74) is -0.989. The van der Waals surface area contributed by atoms with Crippen LogP contribution in [0.15, 0.2) is 22.8 Å². The smallest absolute Gasteiger partial charge is 0.330 e. The fraction of sp³-hybridized carbons (Fsp3) is 0.462. The third-order valence-corrected chi connectivity index (χ3v) is 3.92. The molecule has 4 amide bonds. The van der Waals surface area contributed by atoms with E-state index in [1.54, 1.807) is 18.4 Å². The summed E-state index contributed by atoms with van der Waals surface area (Å²) in [6.45, 7) is 0.229. The maximum absolute atomic E-state index is 12.3. The Morgan fingerprint density at radius 2 is 2.11 bits per heavy atom. The van der Waals surface area contributed by atoms with E-state index in [2.05, 4.69) is 5.32 Å². The first kappa shape index (κ1) is 12.0. The first-order valence-electron chi connectivity index (χ1n) is 6.33. The highest BCUT2D eigenvalue weighted by Crippen LogP contribution is 2.44. The molecule has 1 saturated heterocycles. The number of urea groups is 1. The number of hydrogen-bond acceptors (Lipinski definition) is 4. The van der Waals surface area contributed by atoms with Gasteiger partial charge in [-0.05, 0) is 25.0 Å². The number of amides is 4. The molecule has 1 aromatic heterocycles. The Labute approximate surface area is 109 Å². The highest BCUT2D eigenvalue weighted by molar-refractivity contribution is 6.19. The number of nitrogens with zero attached hydrogens (tertiary/aromatic N) is 1. The summed E-state index contributed by atoms with van der Waals surface area (Å²) >= 11 is 0. The average molecular weight is 262 g/mol. The Morgan fingerprint density at radius 3 is 2.68 bits per heavy atom. The molecule has 1 saturated carbocycles. The van der Waals surface area contributed by atoms with Crippen LogP contribution in [0.1, 0.15) is 25.0 Å². The largest absolute Gasteiger partial charge is 0.469 e. The number of carbonyl (C=O) groups excluding carboxylic acids is 3. The van der Waals surface area contributed by atoms with Crippen molar-refractivity contribution in [3.63, 3.8) is 0 Å². The molecule has 6 heteroatoms. The quantitative estimate of drug-likeness (QED) is 0.826. The molecule has 1 N–H and O–H groups in total. The first-order valence-corrected chi connectivity index (χ1v) is 6.33. The third-order valence-electron chi connectivity index (χ3n) is 3.92. The number of imide groups is 2. The van der Waals surface area contributed by atoms with Crippen LogP contribution in [0.2, 0.25) is 0 Å². The van der Waals surface area contributed by atoms with E-state index in [1.165, 1.54) is 0 Å². The zero-order valence-corrected chi connectivity index (χ0v) is 10.3. The van der Waals surface area contributed by atoms with Crippen molar-refractivity contribution in [1.29, 1.82) is 0 Å². The highest BCUT2D eigenvalue weighted by Gasteiger charge is 2.57. The van der Waals surface area contributed by atoms with Crippen molar-refractivity contribution in [3.05, 3.63) is 24.2 Å².